The molecule has 0 aliphatic carbocycles. The topological polar surface area (TPSA) is 79.3 Å². The lowest BCUT2D eigenvalue weighted by molar-refractivity contribution is -0.138. The fourth-order valence-corrected chi connectivity index (χ4v) is 1.26. The van der Waals surface area contributed by atoms with E-state index in [9.17, 15) is 9.59 Å². The fraction of sp³-hybridized carbons (Fsp3) is 0.222. The number of rotatable bonds is 4. The Kier molecular flexibility index (Phi) is 4.23. The summed E-state index contributed by atoms with van der Waals surface area (Å²) >= 11 is 3.16. The van der Waals surface area contributed by atoms with Crippen LogP contribution in [0.4, 0.5) is 5.69 Å². The Morgan fingerprint density at radius 1 is 1.47 bits per heavy atom. The molecule has 1 rings (SSSR count). The van der Waals surface area contributed by atoms with Crippen molar-refractivity contribution in [2.75, 3.05) is 5.32 Å². The Morgan fingerprint density at radius 3 is 2.80 bits per heavy atom. The second-order valence-corrected chi connectivity index (χ2v) is 3.53. The average molecular weight is 273 g/mol. The monoisotopic (exact) mass is 272 g/mol. The summed E-state index contributed by atoms with van der Waals surface area (Å²) in [6, 6.07) is 3.35. The number of amides is 1. The van der Waals surface area contributed by atoms with Gasteiger partial charge in [-0.3, -0.25) is 9.59 Å². The maximum Gasteiger partial charge on any atom is 0.303 e. The Labute approximate surface area is 94.6 Å². The molecular weight excluding hydrogens is 264 g/mol. The molecule has 0 fully saturated rings. The highest BCUT2D eigenvalue weighted by Crippen LogP contribution is 2.18. The van der Waals surface area contributed by atoms with E-state index in [1.807, 2.05) is 0 Å². The van der Waals surface area contributed by atoms with Gasteiger partial charge < -0.3 is 10.4 Å². The molecule has 0 aromatic carbocycles. The maximum absolute atomic E-state index is 11.2. The lowest BCUT2D eigenvalue weighted by Gasteiger charge is -2.04. The molecule has 80 valence electrons. The van der Waals surface area contributed by atoms with E-state index < -0.39 is 5.97 Å². The molecule has 5 nitrogen and oxygen atoms in total. The van der Waals surface area contributed by atoms with Crippen molar-refractivity contribution in [2.24, 2.45) is 0 Å². The summed E-state index contributed by atoms with van der Waals surface area (Å²) in [7, 11) is 0. The van der Waals surface area contributed by atoms with E-state index in [2.05, 4.69) is 26.2 Å². The molecule has 15 heavy (non-hydrogen) atoms. The summed E-state index contributed by atoms with van der Waals surface area (Å²) in [5.41, 5.74) is 0.535. The summed E-state index contributed by atoms with van der Waals surface area (Å²) in [5.74, 6) is -1.33. The number of hydrogen-bond donors (Lipinski definition) is 2. The average Bonchev–Trinajstić information content (AvgIpc) is 2.18. The summed E-state index contributed by atoms with van der Waals surface area (Å²) < 4.78 is 0.522. The molecule has 0 spiro atoms. The number of aliphatic carboxylic acids is 1. The largest absolute Gasteiger partial charge is 0.481 e. The normalized spacial score (nSPS) is 9.67. The molecule has 0 saturated heterocycles. The lowest BCUT2D eigenvalue weighted by Crippen LogP contribution is -2.13. The molecule has 1 amide bonds. The van der Waals surface area contributed by atoms with Crippen LogP contribution in [-0.4, -0.2) is 22.0 Å². The van der Waals surface area contributed by atoms with E-state index in [0.29, 0.717) is 10.3 Å². The summed E-state index contributed by atoms with van der Waals surface area (Å²) in [5, 5.41) is 10.9. The summed E-state index contributed by atoms with van der Waals surface area (Å²) in [4.78, 5) is 25.4. The third-order valence-electron chi connectivity index (χ3n) is 1.60. The third kappa shape index (κ3) is 4.07. The van der Waals surface area contributed by atoms with Gasteiger partial charge in [-0.05, 0) is 28.1 Å². The van der Waals surface area contributed by atoms with Gasteiger partial charge >= 0.3 is 5.97 Å². The van der Waals surface area contributed by atoms with Gasteiger partial charge in [-0.25, -0.2) is 4.98 Å². The Balaban J connectivity index is 2.52. The van der Waals surface area contributed by atoms with Crippen LogP contribution in [0.1, 0.15) is 12.8 Å². The van der Waals surface area contributed by atoms with Gasteiger partial charge in [-0.15, -0.1) is 0 Å². The van der Waals surface area contributed by atoms with Gasteiger partial charge in [0.2, 0.25) is 5.91 Å². The molecule has 0 bridgehead atoms. The van der Waals surface area contributed by atoms with E-state index in [1.165, 1.54) is 0 Å². The first-order valence-electron chi connectivity index (χ1n) is 4.22. The van der Waals surface area contributed by atoms with Crippen molar-refractivity contribution in [2.45, 2.75) is 12.8 Å². The smallest absolute Gasteiger partial charge is 0.303 e. The van der Waals surface area contributed by atoms with Crippen molar-refractivity contribution < 1.29 is 14.7 Å². The van der Waals surface area contributed by atoms with Crippen LogP contribution in [0.2, 0.25) is 0 Å². The number of nitrogens with one attached hydrogen (secondary N) is 1. The minimum Gasteiger partial charge on any atom is -0.481 e. The highest BCUT2D eigenvalue weighted by Gasteiger charge is 2.07. The van der Waals surface area contributed by atoms with Gasteiger partial charge in [0.15, 0.2) is 0 Å². The minimum atomic E-state index is -0.990. The molecule has 6 heteroatoms. The number of pyridine rings is 1. The van der Waals surface area contributed by atoms with Gasteiger partial charge in [0.1, 0.15) is 4.60 Å². The highest BCUT2D eigenvalue weighted by atomic mass is 79.9. The number of carboxylic acids is 1. The standard InChI is InChI=1S/C9H9BrN2O3/c10-9-6(2-1-5-11-9)12-7(13)3-4-8(14)15/h1-2,5H,3-4H2,(H,12,13)(H,14,15). The van der Waals surface area contributed by atoms with Crippen molar-refractivity contribution in [3.63, 3.8) is 0 Å². The molecule has 0 unspecified atom stereocenters. The van der Waals surface area contributed by atoms with E-state index >= 15 is 0 Å². The van der Waals surface area contributed by atoms with Gasteiger partial charge in [0.25, 0.3) is 0 Å². The lowest BCUT2D eigenvalue weighted by atomic mass is 10.3. The number of aromatic nitrogens is 1. The summed E-state index contributed by atoms with van der Waals surface area (Å²) in [6.07, 6.45) is 1.36. The highest BCUT2D eigenvalue weighted by molar-refractivity contribution is 9.10. The maximum atomic E-state index is 11.2. The van der Waals surface area contributed by atoms with Crippen LogP contribution in [0.5, 0.6) is 0 Å². The van der Waals surface area contributed by atoms with Crippen molar-refractivity contribution in [1.82, 2.24) is 4.98 Å². The third-order valence-corrected chi connectivity index (χ3v) is 2.23. The first-order valence-corrected chi connectivity index (χ1v) is 5.01. The zero-order valence-corrected chi connectivity index (χ0v) is 9.32. The number of carbonyl (C=O) groups is 2. The predicted molar refractivity (Wildman–Crippen MR) is 57.4 cm³/mol. The molecule has 0 atom stereocenters. The van der Waals surface area contributed by atoms with Crippen LogP contribution < -0.4 is 5.32 Å². The van der Waals surface area contributed by atoms with Gasteiger partial charge in [-0.1, -0.05) is 0 Å². The first-order chi connectivity index (χ1) is 7.09. The van der Waals surface area contributed by atoms with Gasteiger partial charge in [0.05, 0.1) is 12.1 Å². The molecule has 0 saturated carbocycles. The Morgan fingerprint density at radius 2 is 2.20 bits per heavy atom. The van der Waals surface area contributed by atoms with Gasteiger partial charge in [0, 0.05) is 12.6 Å². The Hall–Kier alpha value is -1.43. The zero-order valence-electron chi connectivity index (χ0n) is 7.74. The Bertz CT molecular complexity index is 381. The molecule has 0 radical (unpaired) electrons. The number of hydrogen-bond acceptors (Lipinski definition) is 3. The number of carbonyl (C=O) groups excluding carboxylic acids is 1. The van der Waals surface area contributed by atoms with E-state index in [1.54, 1.807) is 18.3 Å². The molecule has 2 N–H and O–H groups in total. The molecule has 1 heterocycles. The van der Waals surface area contributed by atoms with Crippen molar-refractivity contribution in [3.8, 4) is 0 Å². The van der Waals surface area contributed by atoms with E-state index in [4.69, 9.17) is 5.11 Å². The zero-order chi connectivity index (χ0) is 11.3. The summed E-state index contributed by atoms with van der Waals surface area (Å²) in [6.45, 7) is 0. The van der Waals surface area contributed by atoms with Crippen LogP contribution in [0, 0.1) is 0 Å². The quantitative estimate of drug-likeness (QED) is 0.817. The predicted octanol–water partition coefficient (Wildman–Crippen LogP) is 1.65. The van der Waals surface area contributed by atoms with Crippen LogP contribution in [0.15, 0.2) is 22.9 Å². The van der Waals surface area contributed by atoms with Crippen LogP contribution >= 0.6 is 15.9 Å². The fourth-order valence-electron chi connectivity index (χ4n) is 0.912. The van der Waals surface area contributed by atoms with Gasteiger partial charge in [-0.2, -0.15) is 0 Å². The second kappa shape index (κ2) is 5.45. The molecule has 0 aliphatic heterocycles. The number of nitrogens with zero attached hydrogens (tertiary/aromatic N) is 1. The van der Waals surface area contributed by atoms with Crippen molar-refractivity contribution in [1.29, 1.82) is 0 Å². The molecule has 1 aromatic heterocycles. The van der Waals surface area contributed by atoms with E-state index in [0.717, 1.165) is 0 Å². The molecule has 1 aromatic rings. The van der Waals surface area contributed by atoms with Crippen molar-refractivity contribution in [3.05, 3.63) is 22.9 Å². The second-order valence-electron chi connectivity index (χ2n) is 2.78. The number of halogens is 1. The molecular formula is C9H9BrN2O3. The minimum absolute atomic E-state index is 0.0450. The molecule has 0 aliphatic rings. The van der Waals surface area contributed by atoms with Crippen molar-refractivity contribution >= 4 is 33.5 Å². The number of anilines is 1. The van der Waals surface area contributed by atoms with Crippen LogP contribution in [0.3, 0.4) is 0 Å². The number of carboxylic acid groups (broad SMARTS) is 1. The SMILES string of the molecule is O=C(O)CCC(=O)Nc1cccnc1Br. The first kappa shape index (κ1) is 11.6. The van der Waals surface area contributed by atoms with E-state index in [-0.39, 0.29) is 18.7 Å². The van der Waals surface area contributed by atoms with Crippen LogP contribution in [-0.2, 0) is 9.59 Å². The van der Waals surface area contributed by atoms with Crippen LogP contribution in [0.25, 0.3) is 0 Å².